The Morgan fingerprint density at radius 1 is 1.38 bits per heavy atom. The molecule has 0 bridgehead atoms. The molecule has 8 nitrogen and oxygen atoms in total. The number of hydrogen-bond donors (Lipinski definition) is 3. The first-order valence-electron chi connectivity index (χ1n) is 10.3. The molecule has 3 rings (SSSR count). The molecule has 5 N–H and O–H groups in total. The van der Waals surface area contributed by atoms with Crippen molar-refractivity contribution >= 4 is 29.2 Å². The van der Waals surface area contributed by atoms with Crippen LogP contribution in [-0.4, -0.2) is 62.3 Å². The van der Waals surface area contributed by atoms with Crippen molar-refractivity contribution in [2.45, 2.75) is 25.8 Å². The van der Waals surface area contributed by atoms with E-state index in [0.29, 0.717) is 31.8 Å². The van der Waals surface area contributed by atoms with E-state index in [0.717, 1.165) is 18.2 Å². The summed E-state index contributed by atoms with van der Waals surface area (Å²) in [5.74, 6) is -1.94. The topological polar surface area (TPSA) is 118 Å². The maximum Gasteiger partial charge on any atom is 0.219 e. The van der Waals surface area contributed by atoms with E-state index in [1.54, 1.807) is 4.90 Å². The van der Waals surface area contributed by atoms with Gasteiger partial charge in [-0.15, -0.1) is 0 Å². The van der Waals surface area contributed by atoms with Crippen LogP contribution in [0.4, 0.5) is 14.5 Å². The second-order valence-corrected chi connectivity index (χ2v) is 7.62. The lowest BCUT2D eigenvalue weighted by Crippen LogP contribution is -2.43. The van der Waals surface area contributed by atoms with Crippen molar-refractivity contribution in [1.82, 2.24) is 10.2 Å². The first-order chi connectivity index (χ1) is 15.3. The van der Waals surface area contributed by atoms with Gasteiger partial charge in [0.25, 0.3) is 0 Å². The number of allylic oxidation sites excluding steroid dienone is 1. The zero-order chi connectivity index (χ0) is 23.3. The summed E-state index contributed by atoms with van der Waals surface area (Å²) >= 11 is 0. The van der Waals surface area contributed by atoms with E-state index in [1.807, 2.05) is 0 Å². The number of nitrogens with two attached hydrogens (primary N) is 2. The van der Waals surface area contributed by atoms with Gasteiger partial charge in [-0.1, -0.05) is 0 Å². The number of nitrogens with zero attached hydrogens (tertiary/aromatic N) is 3. The lowest BCUT2D eigenvalue weighted by atomic mass is 10.0. The zero-order valence-corrected chi connectivity index (χ0v) is 18.2. The Balaban J connectivity index is 2.03. The standard InChI is InChI=1S/C22H28F2N6O2/c1-13(31)30-7-5-19(28-15-6-8-32-12-15)17(11-30)22(26)29-21-18(23)4-3-16(20(21)24)14(9-25)10-27-2/h3-4,9-10,15,28H,5-8,11-12,25H2,1-2H3,(H2,26,29). The van der Waals surface area contributed by atoms with Crippen molar-refractivity contribution in [2.75, 3.05) is 33.4 Å². The highest BCUT2D eigenvalue weighted by molar-refractivity contribution is 6.10. The van der Waals surface area contributed by atoms with Gasteiger partial charge in [0.05, 0.1) is 19.2 Å². The smallest absolute Gasteiger partial charge is 0.219 e. The van der Waals surface area contributed by atoms with Gasteiger partial charge in [0, 0.05) is 68.4 Å². The number of amides is 1. The highest BCUT2D eigenvalue weighted by atomic mass is 19.1. The number of halogens is 2. The van der Waals surface area contributed by atoms with Gasteiger partial charge in [0.1, 0.15) is 11.5 Å². The van der Waals surface area contributed by atoms with Crippen LogP contribution < -0.4 is 16.8 Å². The van der Waals surface area contributed by atoms with Crippen LogP contribution in [0.25, 0.3) is 5.57 Å². The van der Waals surface area contributed by atoms with E-state index < -0.39 is 17.3 Å². The van der Waals surface area contributed by atoms with Crippen molar-refractivity contribution in [1.29, 1.82) is 0 Å². The van der Waals surface area contributed by atoms with E-state index in [4.69, 9.17) is 16.2 Å². The summed E-state index contributed by atoms with van der Waals surface area (Å²) in [7, 11) is 1.52. The maximum absolute atomic E-state index is 15.2. The van der Waals surface area contributed by atoms with E-state index >= 15 is 4.39 Å². The number of amidine groups is 1. The summed E-state index contributed by atoms with van der Waals surface area (Å²) in [6.07, 6.45) is 3.91. The Morgan fingerprint density at radius 2 is 2.16 bits per heavy atom. The number of ether oxygens (including phenoxy) is 1. The molecule has 2 aliphatic heterocycles. The van der Waals surface area contributed by atoms with Crippen LogP contribution in [0.15, 0.2) is 39.6 Å². The Morgan fingerprint density at radius 3 is 2.78 bits per heavy atom. The molecular weight excluding hydrogens is 418 g/mol. The average molecular weight is 447 g/mol. The fourth-order valence-electron chi connectivity index (χ4n) is 3.72. The molecule has 32 heavy (non-hydrogen) atoms. The molecule has 0 spiro atoms. The van der Waals surface area contributed by atoms with Gasteiger partial charge in [-0.3, -0.25) is 9.79 Å². The van der Waals surface area contributed by atoms with Crippen molar-refractivity contribution in [3.8, 4) is 0 Å². The van der Waals surface area contributed by atoms with Gasteiger partial charge >= 0.3 is 0 Å². The Kier molecular flexibility index (Phi) is 7.57. The van der Waals surface area contributed by atoms with Crippen molar-refractivity contribution in [3.63, 3.8) is 0 Å². The summed E-state index contributed by atoms with van der Waals surface area (Å²) in [5, 5.41) is 3.40. The van der Waals surface area contributed by atoms with Gasteiger partial charge in [-0.2, -0.15) is 0 Å². The number of rotatable bonds is 6. The lowest BCUT2D eigenvalue weighted by Gasteiger charge is -2.31. The van der Waals surface area contributed by atoms with Crippen LogP contribution in [0.2, 0.25) is 0 Å². The molecule has 1 atom stereocenters. The average Bonchev–Trinajstić information content (AvgIpc) is 3.28. The van der Waals surface area contributed by atoms with E-state index in [-0.39, 0.29) is 35.5 Å². The normalized spacial score (nSPS) is 20.4. The molecule has 10 heteroatoms. The van der Waals surface area contributed by atoms with Crippen LogP contribution in [-0.2, 0) is 9.53 Å². The quantitative estimate of drug-likeness (QED) is 0.455. The third-order valence-electron chi connectivity index (χ3n) is 5.47. The van der Waals surface area contributed by atoms with Crippen molar-refractivity contribution in [3.05, 3.63) is 46.8 Å². The van der Waals surface area contributed by atoms with Crippen LogP contribution in [0.3, 0.4) is 0 Å². The van der Waals surface area contributed by atoms with Crippen molar-refractivity contribution in [2.24, 2.45) is 21.5 Å². The SMILES string of the molecule is CN=CC(=CN)c1ccc(F)c(N=C(N)C2=C(NC3CCOC3)CCN(C(C)=O)C2)c1F. The number of hydrogen-bond acceptors (Lipinski definition) is 6. The third kappa shape index (κ3) is 5.13. The molecule has 0 saturated carbocycles. The van der Waals surface area contributed by atoms with E-state index in [9.17, 15) is 9.18 Å². The molecule has 1 amide bonds. The van der Waals surface area contributed by atoms with E-state index in [2.05, 4.69) is 15.3 Å². The van der Waals surface area contributed by atoms with E-state index in [1.165, 1.54) is 32.5 Å². The maximum atomic E-state index is 15.2. The molecule has 172 valence electrons. The fourth-order valence-corrected chi connectivity index (χ4v) is 3.72. The molecule has 1 unspecified atom stereocenters. The molecule has 2 heterocycles. The minimum atomic E-state index is -0.900. The fraction of sp³-hybridized carbons (Fsp3) is 0.409. The summed E-state index contributed by atoms with van der Waals surface area (Å²) < 4.78 is 35.1. The second kappa shape index (κ2) is 10.4. The predicted octanol–water partition coefficient (Wildman–Crippen LogP) is 1.84. The number of benzene rings is 1. The Labute approximate surface area is 185 Å². The van der Waals surface area contributed by atoms with Crippen molar-refractivity contribution < 1.29 is 18.3 Å². The monoisotopic (exact) mass is 446 g/mol. The van der Waals surface area contributed by atoms with Crippen LogP contribution in [0.5, 0.6) is 0 Å². The molecule has 1 aromatic carbocycles. The minimum absolute atomic E-state index is 0.0514. The highest BCUT2D eigenvalue weighted by Gasteiger charge is 2.26. The minimum Gasteiger partial charge on any atom is -0.404 e. The van der Waals surface area contributed by atoms with Crippen LogP contribution in [0.1, 0.15) is 25.3 Å². The molecule has 1 aromatic rings. The van der Waals surface area contributed by atoms with Gasteiger partial charge in [0.2, 0.25) is 5.91 Å². The summed E-state index contributed by atoms with van der Waals surface area (Å²) in [6.45, 7) is 3.39. The summed E-state index contributed by atoms with van der Waals surface area (Å²) in [5.41, 5.74) is 13.0. The summed E-state index contributed by atoms with van der Waals surface area (Å²) in [6, 6.07) is 2.48. The number of carbonyl (C=O) groups is 1. The first-order valence-corrected chi connectivity index (χ1v) is 10.3. The predicted molar refractivity (Wildman–Crippen MR) is 120 cm³/mol. The molecule has 0 aliphatic carbocycles. The van der Waals surface area contributed by atoms with Crippen LogP contribution in [0, 0.1) is 11.6 Å². The number of carbonyl (C=O) groups excluding carboxylic acids is 1. The molecular formula is C22H28F2N6O2. The largest absolute Gasteiger partial charge is 0.404 e. The highest BCUT2D eigenvalue weighted by Crippen LogP contribution is 2.29. The van der Waals surface area contributed by atoms with Crippen LogP contribution >= 0.6 is 0 Å². The first kappa shape index (κ1) is 23.4. The van der Waals surface area contributed by atoms with Gasteiger partial charge < -0.3 is 26.4 Å². The van der Waals surface area contributed by atoms with Gasteiger partial charge in [-0.05, 0) is 18.6 Å². The third-order valence-corrected chi connectivity index (χ3v) is 5.47. The zero-order valence-electron chi connectivity index (χ0n) is 18.2. The Hall–Kier alpha value is -3.27. The molecule has 0 radical (unpaired) electrons. The number of nitrogens with one attached hydrogen (secondary N) is 1. The molecule has 2 aliphatic rings. The number of aliphatic imine (C=N–C) groups is 2. The summed E-state index contributed by atoms with van der Waals surface area (Å²) in [4.78, 5) is 21.5. The molecule has 1 saturated heterocycles. The second-order valence-electron chi connectivity index (χ2n) is 7.62. The lowest BCUT2D eigenvalue weighted by molar-refractivity contribution is -0.128. The molecule has 0 aromatic heterocycles. The Bertz CT molecular complexity index is 996. The molecule has 1 fully saturated rings. The van der Waals surface area contributed by atoms with Gasteiger partial charge in [0.15, 0.2) is 11.6 Å². The van der Waals surface area contributed by atoms with Gasteiger partial charge in [-0.25, -0.2) is 13.8 Å².